The highest BCUT2D eigenvalue weighted by molar-refractivity contribution is 5.78. The van der Waals surface area contributed by atoms with Crippen molar-refractivity contribution in [2.24, 2.45) is 0 Å². The van der Waals surface area contributed by atoms with E-state index in [0.717, 1.165) is 19.4 Å². The molecule has 0 aromatic carbocycles. The first-order valence-corrected chi connectivity index (χ1v) is 4.45. The molecule has 1 atom stereocenters. The van der Waals surface area contributed by atoms with Crippen LogP contribution in [0.5, 0.6) is 0 Å². The summed E-state index contributed by atoms with van der Waals surface area (Å²) in [6, 6.07) is 0.346. The minimum absolute atomic E-state index is 0.346. The Kier molecular flexibility index (Phi) is 6.13. The average molecular weight is 157 g/mol. The van der Waals surface area contributed by atoms with Crippen LogP contribution in [0.25, 0.3) is 0 Å². The molecule has 11 heavy (non-hydrogen) atoms. The summed E-state index contributed by atoms with van der Waals surface area (Å²) < 4.78 is 0. The molecule has 2 nitrogen and oxygen atoms in total. The van der Waals surface area contributed by atoms with Gasteiger partial charge < -0.3 is 5.32 Å². The third-order valence-electron chi connectivity index (χ3n) is 1.62. The summed E-state index contributed by atoms with van der Waals surface area (Å²) in [5.41, 5.74) is 0. The molecule has 0 saturated carbocycles. The molecule has 0 heterocycles. The molecule has 0 spiro atoms. The van der Waals surface area contributed by atoms with Crippen molar-refractivity contribution in [1.82, 2.24) is 5.32 Å². The predicted molar refractivity (Wildman–Crippen MR) is 47.7 cm³/mol. The van der Waals surface area contributed by atoms with E-state index in [0.29, 0.717) is 18.2 Å². The molecule has 1 N–H and O–H groups in total. The molecular formula is C9H19NO. The summed E-state index contributed by atoms with van der Waals surface area (Å²) in [5, 5.41) is 3.21. The second kappa shape index (κ2) is 6.35. The third-order valence-corrected chi connectivity index (χ3v) is 1.62. The Balaban J connectivity index is 3.40. The summed E-state index contributed by atoms with van der Waals surface area (Å²) in [6.07, 6.45) is 2.38. The Bertz CT molecular complexity index is 112. The molecule has 0 saturated heterocycles. The lowest BCUT2D eigenvalue weighted by Crippen LogP contribution is -2.27. The van der Waals surface area contributed by atoms with E-state index in [1.807, 2.05) is 6.92 Å². The van der Waals surface area contributed by atoms with Crippen molar-refractivity contribution < 1.29 is 4.79 Å². The highest BCUT2D eigenvalue weighted by Gasteiger charge is 2.05. The number of carbonyl (C=O) groups is 1. The smallest absolute Gasteiger partial charge is 0.134 e. The van der Waals surface area contributed by atoms with Crippen LogP contribution >= 0.6 is 0 Å². The van der Waals surface area contributed by atoms with Gasteiger partial charge in [-0.25, -0.2) is 0 Å². The molecule has 0 bridgehead atoms. The van der Waals surface area contributed by atoms with Crippen LogP contribution in [0.4, 0.5) is 0 Å². The molecule has 0 amide bonds. The first-order chi connectivity index (χ1) is 5.20. The van der Waals surface area contributed by atoms with Gasteiger partial charge in [-0.1, -0.05) is 13.8 Å². The molecule has 0 aliphatic heterocycles. The summed E-state index contributed by atoms with van der Waals surface area (Å²) in [6.45, 7) is 7.09. The van der Waals surface area contributed by atoms with Crippen molar-refractivity contribution in [3.8, 4) is 0 Å². The van der Waals surface area contributed by atoms with Gasteiger partial charge in [0.1, 0.15) is 5.78 Å². The highest BCUT2D eigenvalue weighted by atomic mass is 16.1. The zero-order chi connectivity index (χ0) is 8.69. The van der Waals surface area contributed by atoms with E-state index in [1.54, 1.807) is 0 Å². The minimum atomic E-state index is 0.346. The average Bonchev–Trinajstić information content (AvgIpc) is 1.87. The van der Waals surface area contributed by atoms with Crippen LogP contribution in [-0.4, -0.2) is 18.4 Å². The summed E-state index contributed by atoms with van der Waals surface area (Å²) in [5.74, 6) is 0.376. The monoisotopic (exact) mass is 157 g/mol. The largest absolute Gasteiger partial charge is 0.314 e. The van der Waals surface area contributed by atoms with Crippen LogP contribution < -0.4 is 5.32 Å². The molecule has 0 aliphatic rings. The fourth-order valence-corrected chi connectivity index (χ4v) is 1.14. The minimum Gasteiger partial charge on any atom is -0.314 e. The summed E-state index contributed by atoms with van der Waals surface area (Å²) in [7, 11) is 0. The first kappa shape index (κ1) is 10.6. The fraction of sp³-hybridized carbons (Fsp3) is 0.889. The van der Waals surface area contributed by atoms with E-state index in [2.05, 4.69) is 19.2 Å². The van der Waals surface area contributed by atoms with Crippen LogP contribution in [0.3, 0.4) is 0 Å². The summed E-state index contributed by atoms with van der Waals surface area (Å²) >= 11 is 0. The van der Waals surface area contributed by atoms with Gasteiger partial charge in [-0.05, 0) is 19.9 Å². The second-order valence-electron chi connectivity index (χ2n) is 2.95. The van der Waals surface area contributed by atoms with Gasteiger partial charge in [-0.15, -0.1) is 0 Å². The van der Waals surface area contributed by atoms with Crippen LogP contribution in [0.1, 0.15) is 40.0 Å². The molecule has 0 aromatic heterocycles. The molecule has 0 aliphatic carbocycles. The zero-order valence-electron chi connectivity index (χ0n) is 7.81. The quantitative estimate of drug-likeness (QED) is 0.636. The molecule has 0 aromatic rings. The van der Waals surface area contributed by atoms with E-state index >= 15 is 0 Å². The number of hydrogen-bond donors (Lipinski definition) is 1. The first-order valence-electron chi connectivity index (χ1n) is 4.45. The van der Waals surface area contributed by atoms with Crippen LogP contribution in [0.2, 0.25) is 0 Å². The lowest BCUT2D eigenvalue weighted by molar-refractivity contribution is -0.119. The van der Waals surface area contributed by atoms with Crippen molar-refractivity contribution in [2.75, 3.05) is 6.54 Å². The Labute approximate surface area is 69.4 Å². The van der Waals surface area contributed by atoms with Gasteiger partial charge in [-0.3, -0.25) is 4.79 Å². The van der Waals surface area contributed by atoms with E-state index in [-0.39, 0.29) is 0 Å². The number of nitrogens with one attached hydrogen (secondary N) is 1. The number of Topliss-reactive ketones (excluding diaryl/α,β-unsaturated/α-hetero) is 1. The van der Waals surface area contributed by atoms with Crippen molar-refractivity contribution in [2.45, 2.75) is 46.1 Å². The second-order valence-corrected chi connectivity index (χ2v) is 2.95. The maximum absolute atomic E-state index is 11.1. The van der Waals surface area contributed by atoms with E-state index in [1.165, 1.54) is 0 Å². The topological polar surface area (TPSA) is 29.1 Å². The van der Waals surface area contributed by atoms with Gasteiger partial charge in [0.2, 0.25) is 0 Å². The molecule has 0 radical (unpaired) electrons. The van der Waals surface area contributed by atoms with Gasteiger partial charge in [0.25, 0.3) is 0 Å². The van der Waals surface area contributed by atoms with Crippen molar-refractivity contribution in [3.05, 3.63) is 0 Å². The predicted octanol–water partition coefficient (Wildman–Crippen LogP) is 1.74. The Hall–Kier alpha value is -0.370. The normalized spacial score (nSPS) is 13.0. The maximum Gasteiger partial charge on any atom is 0.134 e. The van der Waals surface area contributed by atoms with E-state index in [4.69, 9.17) is 0 Å². The van der Waals surface area contributed by atoms with Crippen molar-refractivity contribution in [3.63, 3.8) is 0 Å². The number of hydrogen-bond acceptors (Lipinski definition) is 2. The Morgan fingerprint density at radius 3 is 2.55 bits per heavy atom. The van der Waals surface area contributed by atoms with Crippen LogP contribution in [-0.2, 0) is 4.79 Å². The van der Waals surface area contributed by atoms with Gasteiger partial charge in [0, 0.05) is 18.9 Å². The number of carbonyl (C=O) groups excluding carboxylic acids is 1. The van der Waals surface area contributed by atoms with E-state index < -0.39 is 0 Å². The number of ketones is 1. The molecular weight excluding hydrogens is 138 g/mol. The third kappa shape index (κ3) is 6.05. The molecule has 0 fully saturated rings. The standard InChI is InChI=1S/C9H19NO/c1-4-6-9(11)7-8(3)10-5-2/h8,10H,4-7H2,1-3H3. The summed E-state index contributed by atoms with van der Waals surface area (Å²) in [4.78, 5) is 11.1. The fourth-order valence-electron chi connectivity index (χ4n) is 1.14. The Morgan fingerprint density at radius 2 is 2.09 bits per heavy atom. The molecule has 0 rings (SSSR count). The van der Waals surface area contributed by atoms with E-state index in [9.17, 15) is 4.79 Å². The number of rotatable bonds is 6. The maximum atomic E-state index is 11.1. The van der Waals surface area contributed by atoms with Crippen molar-refractivity contribution >= 4 is 5.78 Å². The van der Waals surface area contributed by atoms with Crippen LogP contribution in [0.15, 0.2) is 0 Å². The lowest BCUT2D eigenvalue weighted by Gasteiger charge is -2.09. The molecule has 2 heteroatoms. The van der Waals surface area contributed by atoms with Gasteiger partial charge in [0.05, 0.1) is 0 Å². The van der Waals surface area contributed by atoms with Gasteiger partial charge in [0.15, 0.2) is 0 Å². The van der Waals surface area contributed by atoms with Crippen LogP contribution in [0, 0.1) is 0 Å². The lowest BCUT2D eigenvalue weighted by atomic mass is 10.1. The highest BCUT2D eigenvalue weighted by Crippen LogP contribution is 1.98. The van der Waals surface area contributed by atoms with Crippen molar-refractivity contribution in [1.29, 1.82) is 0 Å². The SMILES string of the molecule is CCCC(=O)CC(C)NCC. The van der Waals surface area contributed by atoms with Gasteiger partial charge in [-0.2, -0.15) is 0 Å². The zero-order valence-corrected chi connectivity index (χ0v) is 7.81. The Morgan fingerprint density at radius 1 is 1.45 bits per heavy atom. The van der Waals surface area contributed by atoms with Gasteiger partial charge >= 0.3 is 0 Å². The molecule has 1 unspecified atom stereocenters. The molecule has 66 valence electrons.